The van der Waals surface area contributed by atoms with Crippen LogP contribution in [0.2, 0.25) is 0 Å². The van der Waals surface area contributed by atoms with E-state index in [1.54, 1.807) is 0 Å². The topological polar surface area (TPSA) is 12.4 Å². The predicted molar refractivity (Wildman–Crippen MR) is 77.0 cm³/mol. The molecule has 1 rings (SSSR count). The molecule has 0 unspecified atom stereocenters. The van der Waals surface area contributed by atoms with Gasteiger partial charge in [-0.25, -0.2) is 0 Å². The minimum absolute atomic E-state index is 0.0797. The normalized spacial score (nSPS) is 12.8. The largest absolute Gasteiger partial charge is 0.289 e. The van der Waals surface area contributed by atoms with E-state index in [2.05, 4.69) is 45.0 Å². The van der Waals surface area contributed by atoms with Crippen LogP contribution in [0.1, 0.15) is 39.2 Å². The van der Waals surface area contributed by atoms with Crippen molar-refractivity contribution in [1.29, 1.82) is 0 Å². The van der Waals surface area contributed by atoms with Crippen LogP contribution >= 0.6 is 11.6 Å². The van der Waals surface area contributed by atoms with Gasteiger partial charge in [-0.05, 0) is 25.3 Å². The molecule has 0 bridgehead atoms. The van der Waals surface area contributed by atoms with E-state index in [1.807, 2.05) is 6.07 Å². The first-order valence-corrected chi connectivity index (χ1v) is 6.83. The van der Waals surface area contributed by atoms with Crippen LogP contribution in [-0.2, 0) is 6.54 Å². The zero-order chi connectivity index (χ0) is 12.7. The van der Waals surface area contributed by atoms with Gasteiger partial charge in [-0.15, -0.1) is 11.6 Å². The van der Waals surface area contributed by atoms with Crippen molar-refractivity contribution in [3.63, 3.8) is 0 Å². The standard InChI is InChI=1S/C15H22ClN/c1-4-15(5-2,12-16)13(3)17-11-14-9-7-6-8-10-14/h6-10H,4-5,11-12H2,1-3H3. The van der Waals surface area contributed by atoms with Crippen molar-refractivity contribution < 1.29 is 0 Å². The average molecular weight is 252 g/mol. The number of alkyl halides is 1. The van der Waals surface area contributed by atoms with E-state index >= 15 is 0 Å². The number of rotatable bonds is 6. The molecule has 0 aliphatic rings. The number of halogens is 1. The third-order valence-electron chi connectivity index (χ3n) is 3.72. The maximum atomic E-state index is 6.12. The highest BCUT2D eigenvalue weighted by Gasteiger charge is 2.28. The van der Waals surface area contributed by atoms with Gasteiger partial charge < -0.3 is 0 Å². The van der Waals surface area contributed by atoms with Gasteiger partial charge in [-0.1, -0.05) is 44.2 Å². The Bertz CT molecular complexity index is 344. The van der Waals surface area contributed by atoms with Crippen molar-refractivity contribution in [2.75, 3.05) is 5.88 Å². The summed E-state index contributed by atoms with van der Waals surface area (Å²) in [5.74, 6) is 0.657. The first kappa shape index (κ1) is 14.2. The molecule has 0 heterocycles. The summed E-state index contributed by atoms with van der Waals surface area (Å²) in [5.41, 5.74) is 2.51. The summed E-state index contributed by atoms with van der Waals surface area (Å²) in [6, 6.07) is 10.3. The Hall–Kier alpha value is -0.820. The minimum Gasteiger partial charge on any atom is -0.289 e. The van der Waals surface area contributed by atoms with Crippen molar-refractivity contribution in [2.24, 2.45) is 10.4 Å². The number of hydrogen-bond acceptors (Lipinski definition) is 1. The number of hydrogen-bond donors (Lipinski definition) is 0. The fraction of sp³-hybridized carbons (Fsp3) is 0.533. The quantitative estimate of drug-likeness (QED) is 0.514. The predicted octanol–water partition coefficient (Wildman–Crippen LogP) is 4.69. The minimum atomic E-state index is 0.0797. The molecule has 0 amide bonds. The molecule has 1 aromatic rings. The van der Waals surface area contributed by atoms with Gasteiger partial charge >= 0.3 is 0 Å². The summed E-state index contributed by atoms with van der Waals surface area (Å²) in [6.07, 6.45) is 2.11. The maximum absolute atomic E-state index is 6.12. The summed E-state index contributed by atoms with van der Waals surface area (Å²) in [5, 5.41) is 0. The molecule has 0 aliphatic carbocycles. The molecule has 0 spiro atoms. The van der Waals surface area contributed by atoms with Gasteiger partial charge in [0.1, 0.15) is 0 Å². The Morgan fingerprint density at radius 3 is 2.24 bits per heavy atom. The van der Waals surface area contributed by atoms with E-state index in [9.17, 15) is 0 Å². The van der Waals surface area contributed by atoms with Crippen LogP contribution in [0.25, 0.3) is 0 Å². The molecular weight excluding hydrogens is 230 g/mol. The third-order valence-corrected chi connectivity index (χ3v) is 4.23. The molecule has 17 heavy (non-hydrogen) atoms. The third kappa shape index (κ3) is 3.57. The van der Waals surface area contributed by atoms with Crippen LogP contribution in [-0.4, -0.2) is 11.6 Å². The van der Waals surface area contributed by atoms with Gasteiger partial charge in [0, 0.05) is 17.0 Å². The summed E-state index contributed by atoms with van der Waals surface area (Å²) < 4.78 is 0. The summed E-state index contributed by atoms with van der Waals surface area (Å²) in [6.45, 7) is 7.24. The summed E-state index contributed by atoms with van der Waals surface area (Å²) >= 11 is 6.12. The molecule has 94 valence electrons. The Kier molecular flexibility index (Phi) is 5.70. The van der Waals surface area contributed by atoms with Crippen molar-refractivity contribution in [3.8, 4) is 0 Å². The molecule has 0 saturated heterocycles. The molecule has 1 aromatic carbocycles. The molecule has 0 atom stereocenters. The Labute approximate surface area is 110 Å². The molecule has 0 fully saturated rings. The van der Waals surface area contributed by atoms with Crippen LogP contribution in [0.5, 0.6) is 0 Å². The molecule has 0 aromatic heterocycles. The van der Waals surface area contributed by atoms with E-state index in [-0.39, 0.29) is 5.41 Å². The molecular formula is C15H22ClN. The second kappa shape index (κ2) is 6.80. The highest BCUT2D eigenvalue weighted by Crippen LogP contribution is 2.30. The van der Waals surface area contributed by atoms with Gasteiger partial charge in [-0.3, -0.25) is 4.99 Å². The number of aliphatic imine (C=N–C) groups is 1. The van der Waals surface area contributed by atoms with E-state index < -0.39 is 0 Å². The van der Waals surface area contributed by atoms with Crippen LogP contribution in [0.3, 0.4) is 0 Å². The lowest BCUT2D eigenvalue weighted by Gasteiger charge is -2.29. The molecule has 0 saturated carbocycles. The van der Waals surface area contributed by atoms with Crippen LogP contribution in [0.4, 0.5) is 0 Å². The van der Waals surface area contributed by atoms with Gasteiger partial charge in [0.15, 0.2) is 0 Å². The van der Waals surface area contributed by atoms with Crippen molar-refractivity contribution in [1.82, 2.24) is 0 Å². The maximum Gasteiger partial charge on any atom is 0.0639 e. The SMILES string of the molecule is CCC(CC)(CCl)C(C)=NCc1ccccc1. The lowest BCUT2D eigenvalue weighted by Crippen LogP contribution is -2.30. The fourth-order valence-corrected chi connectivity index (χ4v) is 2.58. The van der Waals surface area contributed by atoms with E-state index in [0.717, 1.165) is 19.4 Å². The van der Waals surface area contributed by atoms with Crippen molar-refractivity contribution in [3.05, 3.63) is 35.9 Å². The van der Waals surface area contributed by atoms with Crippen molar-refractivity contribution in [2.45, 2.75) is 40.2 Å². The summed E-state index contributed by atoms with van der Waals surface area (Å²) in [7, 11) is 0. The van der Waals surface area contributed by atoms with Crippen LogP contribution in [0.15, 0.2) is 35.3 Å². The van der Waals surface area contributed by atoms with Gasteiger partial charge in [0.2, 0.25) is 0 Å². The van der Waals surface area contributed by atoms with Crippen LogP contribution < -0.4 is 0 Å². The van der Waals surface area contributed by atoms with Gasteiger partial charge in [0.05, 0.1) is 6.54 Å². The fourth-order valence-electron chi connectivity index (χ4n) is 2.01. The second-order valence-corrected chi connectivity index (χ2v) is 4.78. The highest BCUT2D eigenvalue weighted by atomic mass is 35.5. The molecule has 0 radical (unpaired) electrons. The van der Waals surface area contributed by atoms with Gasteiger partial charge in [-0.2, -0.15) is 0 Å². The molecule has 0 N–H and O–H groups in total. The number of nitrogens with zero attached hydrogens (tertiary/aromatic N) is 1. The first-order valence-electron chi connectivity index (χ1n) is 6.30. The smallest absolute Gasteiger partial charge is 0.0639 e. The Morgan fingerprint density at radius 1 is 1.18 bits per heavy atom. The summed E-state index contributed by atoms with van der Waals surface area (Å²) in [4.78, 5) is 4.71. The van der Waals surface area contributed by atoms with Crippen molar-refractivity contribution >= 4 is 17.3 Å². The lowest BCUT2D eigenvalue weighted by molar-refractivity contribution is 0.436. The first-order chi connectivity index (χ1) is 8.18. The van der Waals surface area contributed by atoms with E-state index in [1.165, 1.54) is 11.3 Å². The second-order valence-electron chi connectivity index (χ2n) is 4.51. The van der Waals surface area contributed by atoms with E-state index in [0.29, 0.717) is 5.88 Å². The highest BCUT2D eigenvalue weighted by molar-refractivity contribution is 6.20. The number of benzene rings is 1. The molecule has 1 nitrogen and oxygen atoms in total. The Morgan fingerprint density at radius 2 is 1.76 bits per heavy atom. The molecule has 0 aliphatic heterocycles. The van der Waals surface area contributed by atoms with Crippen LogP contribution in [0, 0.1) is 5.41 Å². The monoisotopic (exact) mass is 251 g/mol. The Balaban J connectivity index is 2.78. The lowest BCUT2D eigenvalue weighted by atomic mass is 9.80. The van der Waals surface area contributed by atoms with Gasteiger partial charge in [0.25, 0.3) is 0 Å². The zero-order valence-corrected chi connectivity index (χ0v) is 11.8. The molecule has 2 heteroatoms. The van der Waals surface area contributed by atoms with E-state index in [4.69, 9.17) is 16.6 Å². The average Bonchev–Trinajstić information content (AvgIpc) is 2.40. The zero-order valence-electron chi connectivity index (χ0n) is 11.0.